The first-order chi connectivity index (χ1) is 13.8. The van der Waals surface area contributed by atoms with Crippen LogP contribution in [0.2, 0.25) is 0 Å². The number of carbonyl (C=O) groups excluding carboxylic acids is 1. The Labute approximate surface area is 183 Å². The second kappa shape index (κ2) is 14.4. The third-order valence-electron chi connectivity index (χ3n) is 5.11. The van der Waals surface area contributed by atoms with Crippen LogP contribution in [-0.4, -0.2) is 33.2 Å². The molecule has 0 spiro atoms. The van der Waals surface area contributed by atoms with E-state index >= 15 is 0 Å². The summed E-state index contributed by atoms with van der Waals surface area (Å²) in [6, 6.07) is -2.20. The maximum Gasteiger partial charge on any atom is 0.405 e. The van der Waals surface area contributed by atoms with E-state index in [1.807, 2.05) is 0 Å². The van der Waals surface area contributed by atoms with Gasteiger partial charge in [-0.3, -0.25) is 4.79 Å². The monoisotopic (exact) mass is 457 g/mol. The van der Waals surface area contributed by atoms with Crippen LogP contribution in [0, 0.1) is 5.92 Å². The van der Waals surface area contributed by atoms with Crippen molar-refractivity contribution >= 4 is 17.0 Å². The van der Waals surface area contributed by atoms with E-state index in [0.717, 1.165) is 25.7 Å². The highest BCUT2D eigenvalue weighted by molar-refractivity contribution is 7.84. The minimum atomic E-state index is -4.71. The number of carbonyl (C=O) groups is 1. The van der Waals surface area contributed by atoms with Gasteiger partial charge in [0.05, 0.1) is 27.8 Å². The highest BCUT2D eigenvalue weighted by Crippen LogP contribution is 2.31. The van der Waals surface area contributed by atoms with Crippen molar-refractivity contribution in [2.75, 3.05) is 0 Å². The van der Waals surface area contributed by atoms with Crippen molar-refractivity contribution in [3.05, 3.63) is 0 Å². The predicted octanol–water partition coefficient (Wildman–Crippen LogP) is 6.46. The number of esters is 1. The summed E-state index contributed by atoms with van der Waals surface area (Å²) in [5, 5.41) is 0. The van der Waals surface area contributed by atoms with Crippen molar-refractivity contribution in [2.45, 2.75) is 129 Å². The first kappa shape index (κ1) is 29.4. The van der Waals surface area contributed by atoms with Crippen molar-refractivity contribution in [3.63, 3.8) is 0 Å². The van der Waals surface area contributed by atoms with Crippen LogP contribution < -0.4 is 4.72 Å². The van der Waals surface area contributed by atoms with Gasteiger partial charge in [-0.1, -0.05) is 65.2 Å². The molecule has 1 N–H and O–H groups in total. The number of ether oxygens (including phenoxy) is 1. The van der Waals surface area contributed by atoms with Crippen LogP contribution in [0.3, 0.4) is 0 Å². The van der Waals surface area contributed by atoms with Crippen LogP contribution in [0.15, 0.2) is 0 Å². The van der Waals surface area contributed by atoms with Crippen LogP contribution in [0.25, 0.3) is 0 Å². The molecule has 0 aliphatic carbocycles. The van der Waals surface area contributed by atoms with Gasteiger partial charge in [0.25, 0.3) is 0 Å². The molecule has 0 fully saturated rings. The Kier molecular flexibility index (Phi) is 14.1. The largest absolute Gasteiger partial charge is 0.462 e. The Morgan fingerprint density at radius 2 is 1.47 bits per heavy atom. The Balaban J connectivity index is 5.17. The van der Waals surface area contributed by atoms with Crippen LogP contribution >= 0.6 is 0 Å². The minimum absolute atomic E-state index is 0.0583. The molecule has 180 valence electrons. The maximum absolute atomic E-state index is 13.8. The van der Waals surface area contributed by atoms with E-state index in [0.29, 0.717) is 12.8 Å². The van der Waals surface area contributed by atoms with Crippen molar-refractivity contribution in [1.82, 2.24) is 4.72 Å². The molecule has 0 aromatic rings. The van der Waals surface area contributed by atoms with Crippen LogP contribution in [0.1, 0.15) is 106 Å². The fourth-order valence-corrected chi connectivity index (χ4v) is 3.84. The molecule has 0 saturated heterocycles. The lowest BCUT2D eigenvalue weighted by atomic mass is 9.93. The summed E-state index contributed by atoms with van der Waals surface area (Å²) in [5.74, 6) is -2.28. The number of halogens is 3. The summed E-state index contributed by atoms with van der Waals surface area (Å²) in [5.41, 5.74) is 0. The minimum Gasteiger partial charge on any atom is -0.462 e. The van der Waals surface area contributed by atoms with Crippen molar-refractivity contribution in [1.29, 1.82) is 0 Å². The number of alkyl halides is 3. The number of hydrogen-bond acceptors (Lipinski definition) is 3. The summed E-state index contributed by atoms with van der Waals surface area (Å²) in [6.45, 7) is 10.4. The normalized spacial score (nSPS) is 16.7. The molecule has 0 aliphatic rings. The van der Waals surface area contributed by atoms with Gasteiger partial charge in [0.15, 0.2) is 0 Å². The molecule has 0 amide bonds. The van der Waals surface area contributed by atoms with Gasteiger partial charge >= 0.3 is 12.1 Å². The molecular weight excluding hydrogens is 415 g/mol. The first-order valence-corrected chi connectivity index (χ1v) is 12.4. The van der Waals surface area contributed by atoms with E-state index < -0.39 is 45.9 Å². The third-order valence-corrected chi connectivity index (χ3v) is 6.69. The number of hydrogen-bond donors (Lipinski definition) is 1. The standard InChI is InChI=1S/C22H42F3NO3S/c1-7-9-10-11-12-13-14-15-16-18(20(27)29-17(3)8-2)19(22(23,24)25)26-30(28)21(4,5)6/h17-19,26H,7-16H2,1-6H3/t17?,18-,19-,30-/m0/s1. The number of nitrogens with one attached hydrogen (secondary N) is 1. The Bertz CT molecular complexity index is 507. The molecular formula is C22H42F3NO3S. The summed E-state index contributed by atoms with van der Waals surface area (Å²) in [4.78, 5) is 12.6. The fraction of sp³-hybridized carbons (Fsp3) is 0.955. The zero-order valence-electron chi connectivity index (χ0n) is 19.6. The van der Waals surface area contributed by atoms with E-state index in [9.17, 15) is 22.2 Å². The Hall–Kier alpha value is -0.630. The number of rotatable bonds is 15. The van der Waals surface area contributed by atoms with Crippen LogP contribution in [0.5, 0.6) is 0 Å². The molecule has 4 atom stereocenters. The second-order valence-electron chi connectivity index (χ2n) is 9.04. The molecule has 0 bridgehead atoms. The van der Waals surface area contributed by atoms with Gasteiger partial charge in [0.1, 0.15) is 6.04 Å². The third kappa shape index (κ3) is 12.3. The van der Waals surface area contributed by atoms with Gasteiger partial charge in [0.2, 0.25) is 0 Å². The van der Waals surface area contributed by atoms with Crippen molar-refractivity contribution in [2.24, 2.45) is 5.92 Å². The van der Waals surface area contributed by atoms with Crippen molar-refractivity contribution < 1.29 is 26.9 Å². The van der Waals surface area contributed by atoms with Crippen molar-refractivity contribution in [3.8, 4) is 0 Å². The average Bonchev–Trinajstić information content (AvgIpc) is 2.63. The Morgan fingerprint density at radius 1 is 0.967 bits per heavy atom. The second-order valence-corrected chi connectivity index (χ2v) is 11.0. The van der Waals surface area contributed by atoms with E-state index in [-0.39, 0.29) is 6.42 Å². The van der Waals surface area contributed by atoms with Gasteiger partial charge in [-0.2, -0.15) is 13.2 Å². The summed E-state index contributed by atoms with van der Waals surface area (Å²) >= 11 is 0. The molecule has 0 rings (SSSR count). The summed E-state index contributed by atoms with van der Waals surface area (Å²) in [7, 11) is -1.96. The molecule has 1 unspecified atom stereocenters. The fourth-order valence-electron chi connectivity index (χ4n) is 2.96. The topological polar surface area (TPSA) is 55.4 Å². The predicted molar refractivity (Wildman–Crippen MR) is 117 cm³/mol. The van der Waals surface area contributed by atoms with Crippen LogP contribution in [-0.2, 0) is 20.5 Å². The van der Waals surface area contributed by atoms with Gasteiger partial charge in [-0.05, 0) is 40.5 Å². The molecule has 8 heteroatoms. The number of unbranched alkanes of at least 4 members (excludes halogenated alkanes) is 7. The highest BCUT2D eigenvalue weighted by Gasteiger charge is 2.49. The first-order valence-electron chi connectivity index (χ1n) is 11.3. The lowest BCUT2D eigenvalue weighted by Crippen LogP contribution is -2.54. The molecule has 0 saturated carbocycles. The van der Waals surface area contributed by atoms with Gasteiger partial charge in [-0.25, -0.2) is 8.93 Å². The molecule has 4 nitrogen and oxygen atoms in total. The smallest absolute Gasteiger partial charge is 0.405 e. The van der Waals surface area contributed by atoms with Crippen LogP contribution in [0.4, 0.5) is 13.2 Å². The zero-order valence-corrected chi connectivity index (χ0v) is 20.4. The van der Waals surface area contributed by atoms with E-state index in [1.54, 1.807) is 34.6 Å². The van der Waals surface area contributed by atoms with E-state index in [4.69, 9.17) is 4.74 Å². The lowest BCUT2D eigenvalue weighted by molar-refractivity contribution is -0.182. The molecule has 0 aromatic heterocycles. The maximum atomic E-state index is 13.8. The molecule has 0 heterocycles. The molecule has 30 heavy (non-hydrogen) atoms. The average molecular weight is 458 g/mol. The lowest BCUT2D eigenvalue weighted by Gasteiger charge is -2.31. The molecule has 0 aliphatic heterocycles. The van der Waals surface area contributed by atoms with Gasteiger partial charge in [-0.15, -0.1) is 0 Å². The highest BCUT2D eigenvalue weighted by atomic mass is 32.2. The van der Waals surface area contributed by atoms with E-state index in [1.165, 1.54) is 19.3 Å². The Morgan fingerprint density at radius 3 is 1.90 bits per heavy atom. The van der Waals surface area contributed by atoms with Gasteiger partial charge in [0, 0.05) is 0 Å². The SMILES string of the molecule is CCCCCCCCCC[C@H](C(=O)OC(C)CC)[C@H](N[S@@](=O)C(C)(C)C)C(F)(F)F. The quantitative estimate of drug-likeness (QED) is 0.227. The van der Waals surface area contributed by atoms with Gasteiger partial charge < -0.3 is 4.74 Å². The van der Waals surface area contributed by atoms with E-state index in [2.05, 4.69) is 11.6 Å². The molecule has 0 radical (unpaired) electrons. The zero-order chi connectivity index (χ0) is 23.4. The summed E-state index contributed by atoms with van der Waals surface area (Å²) in [6.07, 6.45) is 3.36. The molecule has 0 aromatic carbocycles. The summed E-state index contributed by atoms with van der Waals surface area (Å²) < 4.78 is 60.5.